The molecule has 0 unspecified atom stereocenters. The highest BCUT2D eigenvalue weighted by Gasteiger charge is 2.38. The van der Waals surface area contributed by atoms with Crippen LogP contribution in [0.15, 0.2) is 52.4 Å². The average Bonchev–Trinajstić information content (AvgIpc) is 2.86. The fourth-order valence-corrected chi connectivity index (χ4v) is 7.14. The van der Waals surface area contributed by atoms with Crippen molar-refractivity contribution in [1.82, 2.24) is 9.55 Å². The smallest absolute Gasteiger partial charge is 0.266 e. The van der Waals surface area contributed by atoms with Crippen LogP contribution >= 0.6 is 11.8 Å². The Morgan fingerprint density at radius 3 is 2.43 bits per heavy atom. The second-order valence-corrected chi connectivity index (χ2v) is 10.6. The molecule has 28 heavy (non-hydrogen) atoms. The normalized spacial score (nSPS) is 21.2. The van der Waals surface area contributed by atoms with E-state index >= 15 is 0 Å². The zero-order chi connectivity index (χ0) is 20.1. The van der Waals surface area contributed by atoms with Gasteiger partial charge >= 0.3 is 0 Å². The number of aryl methyl sites for hydroxylation is 2. The molecular formula is C20H20N2O4S2. The number of aliphatic hydroxyl groups is 1. The average molecular weight is 417 g/mol. The van der Waals surface area contributed by atoms with Gasteiger partial charge in [0.15, 0.2) is 15.0 Å². The molecule has 4 rings (SSSR count). The number of hydrogen-bond acceptors (Lipinski definition) is 6. The van der Waals surface area contributed by atoms with Crippen LogP contribution in [0, 0.1) is 13.8 Å². The molecule has 146 valence electrons. The van der Waals surface area contributed by atoms with Crippen LogP contribution in [-0.4, -0.2) is 45.9 Å². The van der Waals surface area contributed by atoms with Crippen LogP contribution in [0.4, 0.5) is 0 Å². The van der Waals surface area contributed by atoms with Crippen LogP contribution in [0.3, 0.4) is 0 Å². The van der Waals surface area contributed by atoms with Gasteiger partial charge in [-0.2, -0.15) is 0 Å². The number of thioether (sulfide) groups is 1. The fraction of sp³-hybridized carbons (Fsp3) is 0.300. The van der Waals surface area contributed by atoms with Crippen molar-refractivity contribution in [3.8, 4) is 5.69 Å². The maximum Gasteiger partial charge on any atom is 0.266 e. The highest BCUT2D eigenvalue weighted by atomic mass is 32.2. The quantitative estimate of drug-likeness (QED) is 0.659. The van der Waals surface area contributed by atoms with Gasteiger partial charge in [-0.05, 0) is 49.2 Å². The van der Waals surface area contributed by atoms with Crippen molar-refractivity contribution in [3.63, 3.8) is 0 Å². The third-order valence-corrected chi connectivity index (χ3v) is 7.93. The maximum absolute atomic E-state index is 13.3. The summed E-state index contributed by atoms with van der Waals surface area (Å²) in [7, 11) is -3.29. The van der Waals surface area contributed by atoms with Gasteiger partial charge in [0.2, 0.25) is 0 Å². The molecule has 1 saturated heterocycles. The summed E-state index contributed by atoms with van der Waals surface area (Å²) in [4.78, 5) is 17.9. The molecule has 1 aromatic heterocycles. The highest BCUT2D eigenvalue weighted by Crippen LogP contribution is 2.32. The second-order valence-electron chi connectivity index (χ2n) is 7.20. The van der Waals surface area contributed by atoms with E-state index in [4.69, 9.17) is 0 Å². The van der Waals surface area contributed by atoms with Crippen LogP contribution in [0.5, 0.6) is 0 Å². The number of hydrogen-bond donors (Lipinski definition) is 1. The first kappa shape index (κ1) is 19.2. The van der Waals surface area contributed by atoms with Crippen LogP contribution in [0.2, 0.25) is 0 Å². The molecule has 1 N–H and O–H groups in total. The third-order valence-electron chi connectivity index (χ3n) is 4.74. The molecule has 0 amide bonds. The van der Waals surface area contributed by atoms with Crippen LogP contribution in [0.25, 0.3) is 16.6 Å². The monoisotopic (exact) mass is 416 g/mol. The number of nitrogens with zero attached hydrogens (tertiary/aromatic N) is 2. The van der Waals surface area contributed by atoms with Gasteiger partial charge in [0.1, 0.15) is 0 Å². The summed E-state index contributed by atoms with van der Waals surface area (Å²) in [6.45, 7) is 3.91. The van der Waals surface area contributed by atoms with Gasteiger partial charge < -0.3 is 5.11 Å². The molecule has 0 spiro atoms. The minimum Gasteiger partial charge on any atom is -0.391 e. The number of aliphatic hydroxyl groups excluding tert-OH is 1. The molecule has 6 nitrogen and oxygen atoms in total. The minimum atomic E-state index is -3.29. The summed E-state index contributed by atoms with van der Waals surface area (Å²) in [6.07, 6.45) is -0.980. The number of para-hydroxylation sites is 1. The van der Waals surface area contributed by atoms with E-state index in [0.29, 0.717) is 21.7 Å². The minimum absolute atomic E-state index is 0.131. The van der Waals surface area contributed by atoms with Crippen molar-refractivity contribution < 1.29 is 13.5 Å². The van der Waals surface area contributed by atoms with Gasteiger partial charge in [0.25, 0.3) is 5.56 Å². The number of aromatic nitrogens is 2. The first-order valence-electron chi connectivity index (χ1n) is 8.89. The Kier molecular flexibility index (Phi) is 4.81. The van der Waals surface area contributed by atoms with E-state index in [1.54, 1.807) is 24.3 Å². The Bertz CT molecular complexity index is 1210. The maximum atomic E-state index is 13.3. The van der Waals surface area contributed by atoms with Crippen LogP contribution in [0.1, 0.15) is 11.1 Å². The Morgan fingerprint density at radius 1 is 1.11 bits per heavy atom. The summed E-state index contributed by atoms with van der Waals surface area (Å²) >= 11 is 1.15. The largest absolute Gasteiger partial charge is 0.391 e. The molecule has 0 bridgehead atoms. The van der Waals surface area contributed by atoms with Gasteiger partial charge in [-0.15, -0.1) is 0 Å². The molecule has 1 aliphatic rings. The summed E-state index contributed by atoms with van der Waals surface area (Å²) in [6, 6.07) is 12.9. The fourth-order valence-electron chi connectivity index (χ4n) is 3.54. The topological polar surface area (TPSA) is 89.3 Å². The molecule has 8 heteroatoms. The molecule has 0 aliphatic carbocycles. The van der Waals surface area contributed by atoms with Crippen molar-refractivity contribution in [1.29, 1.82) is 0 Å². The standard InChI is InChI=1S/C20H20N2O4S2/c1-12-7-13(2)9-14(8-12)22-19(24)15-5-3-4-6-16(15)21-20(22)27-18-11-28(25,26)10-17(18)23/h3-9,17-18,23H,10-11H2,1-2H3/t17-,18-/m0/s1. The summed E-state index contributed by atoms with van der Waals surface area (Å²) in [5.74, 6) is -0.388. The molecule has 0 radical (unpaired) electrons. The molecule has 0 saturated carbocycles. The van der Waals surface area contributed by atoms with Crippen LogP contribution in [-0.2, 0) is 9.84 Å². The van der Waals surface area contributed by atoms with Gasteiger partial charge in [-0.3, -0.25) is 9.36 Å². The zero-order valence-corrected chi connectivity index (χ0v) is 17.1. The third kappa shape index (κ3) is 3.59. The van der Waals surface area contributed by atoms with E-state index in [0.717, 1.165) is 22.9 Å². The van der Waals surface area contributed by atoms with Gasteiger partial charge in [-0.25, -0.2) is 13.4 Å². The van der Waals surface area contributed by atoms with E-state index in [9.17, 15) is 18.3 Å². The number of rotatable bonds is 3. The summed E-state index contributed by atoms with van der Waals surface area (Å²) in [5, 5.41) is 10.5. The van der Waals surface area contributed by atoms with E-state index in [2.05, 4.69) is 4.98 Å². The second kappa shape index (κ2) is 7.02. The number of sulfone groups is 1. The molecule has 2 aromatic carbocycles. The molecule has 2 atom stereocenters. The molecule has 1 aliphatic heterocycles. The molecular weight excluding hydrogens is 396 g/mol. The Morgan fingerprint density at radius 2 is 1.79 bits per heavy atom. The summed E-state index contributed by atoms with van der Waals surface area (Å²) in [5.41, 5.74) is 3.03. The van der Waals surface area contributed by atoms with Crippen molar-refractivity contribution in [2.24, 2.45) is 0 Å². The molecule has 2 heterocycles. The highest BCUT2D eigenvalue weighted by molar-refractivity contribution is 8.01. The van der Waals surface area contributed by atoms with E-state index in [1.807, 2.05) is 32.0 Å². The lowest BCUT2D eigenvalue weighted by atomic mass is 10.1. The Hall–Kier alpha value is -2.16. The first-order chi connectivity index (χ1) is 13.2. The number of fused-ring (bicyclic) bond motifs is 1. The Balaban J connectivity index is 1.92. The van der Waals surface area contributed by atoms with Crippen molar-refractivity contribution >= 4 is 32.5 Å². The first-order valence-corrected chi connectivity index (χ1v) is 11.6. The molecule has 3 aromatic rings. The summed E-state index contributed by atoms with van der Waals surface area (Å²) < 4.78 is 25.3. The lowest BCUT2D eigenvalue weighted by Crippen LogP contribution is -2.25. The SMILES string of the molecule is Cc1cc(C)cc(-n2c(S[C@H]3CS(=O)(=O)C[C@@H]3O)nc3ccccc3c2=O)c1. The molecule has 1 fully saturated rings. The lowest BCUT2D eigenvalue weighted by molar-refractivity contribution is 0.207. The number of benzene rings is 2. The van der Waals surface area contributed by atoms with Gasteiger partial charge in [-0.1, -0.05) is 30.0 Å². The van der Waals surface area contributed by atoms with Gasteiger partial charge in [0.05, 0.1) is 39.4 Å². The predicted octanol–water partition coefficient (Wildman–Crippen LogP) is 2.25. The zero-order valence-electron chi connectivity index (χ0n) is 15.5. The van der Waals surface area contributed by atoms with E-state index in [1.165, 1.54) is 4.57 Å². The van der Waals surface area contributed by atoms with Crippen molar-refractivity contribution in [2.45, 2.75) is 30.4 Å². The van der Waals surface area contributed by atoms with Crippen molar-refractivity contribution in [2.75, 3.05) is 11.5 Å². The van der Waals surface area contributed by atoms with Gasteiger partial charge in [0, 0.05) is 0 Å². The van der Waals surface area contributed by atoms with E-state index < -0.39 is 21.2 Å². The predicted molar refractivity (Wildman–Crippen MR) is 111 cm³/mol. The van der Waals surface area contributed by atoms with Crippen molar-refractivity contribution in [3.05, 3.63) is 63.9 Å². The lowest BCUT2D eigenvalue weighted by Gasteiger charge is -2.17. The van der Waals surface area contributed by atoms with Crippen LogP contribution < -0.4 is 5.56 Å². The Labute approximate surface area is 167 Å². The van der Waals surface area contributed by atoms with E-state index in [-0.39, 0.29) is 17.1 Å².